The Kier molecular flexibility index (Phi) is 6.64. The molecule has 3 aromatic carbocycles. The van der Waals surface area contributed by atoms with Crippen molar-refractivity contribution in [1.82, 2.24) is 4.98 Å². The summed E-state index contributed by atoms with van der Waals surface area (Å²) in [6.45, 7) is 0.483. The number of hydrogen-bond acceptors (Lipinski definition) is 5. The summed E-state index contributed by atoms with van der Waals surface area (Å²) >= 11 is 12.2. The van der Waals surface area contributed by atoms with Gasteiger partial charge in [0.25, 0.3) is 0 Å². The number of nitrogens with zero attached hydrogens (tertiary/aromatic N) is 2. The number of ether oxygens (including phenoxy) is 1. The number of benzene rings is 3. The zero-order valence-corrected chi connectivity index (χ0v) is 20.5. The van der Waals surface area contributed by atoms with Crippen molar-refractivity contribution in [3.05, 3.63) is 85.2 Å². The average Bonchev–Trinajstić information content (AvgIpc) is 3.11. The van der Waals surface area contributed by atoms with E-state index < -0.39 is 0 Å². The smallest absolute Gasteiger partial charge is 0.204 e. The summed E-state index contributed by atoms with van der Waals surface area (Å²) in [4.78, 5) is 4.50. The summed E-state index contributed by atoms with van der Waals surface area (Å²) in [5, 5.41) is 5.07. The van der Waals surface area contributed by atoms with Gasteiger partial charge in [-0.15, -0.1) is 0 Å². The molecule has 1 aromatic heterocycles. The molecule has 4 nitrogen and oxygen atoms in total. The van der Waals surface area contributed by atoms with Gasteiger partial charge >= 0.3 is 0 Å². The molecule has 0 atom stereocenters. The molecule has 0 bridgehead atoms. The quantitative estimate of drug-likeness (QED) is 0.184. The number of para-hydroxylation sites is 1. The van der Waals surface area contributed by atoms with Crippen LogP contribution in [0.25, 0.3) is 10.2 Å². The Bertz CT molecular complexity index is 1120. The van der Waals surface area contributed by atoms with Crippen LogP contribution in [0, 0.1) is 0 Å². The van der Waals surface area contributed by atoms with Crippen molar-refractivity contribution in [3.63, 3.8) is 0 Å². The lowest BCUT2D eigenvalue weighted by Gasteiger charge is -2.11. The van der Waals surface area contributed by atoms with E-state index >= 15 is 0 Å². The Morgan fingerprint density at radius 1 is 1.00 bits per heavy atom. The molecular formula is C21H14Br3N3OS. The van der Waals surface area contributed by atoms with Crippen molar-refractivity contribution >= 4 is 80.7 Å². The second-order valence-corrected chi connectivity index (χ2v) is 9.74. The van der Waals surface area contributed by atoms with E-state index in [0.717, 1.165) is 45.6 Å². The van der Waals surface area contributed by atoms with Gasteiger partial charge in [-0.3, -0.25) is 5.43 Å². The fourth-order valence-corrected chi connectivity index (χ4v) is 5.14. The molecule has 1 N–H and O–H groups in total. The van der Waals surface area contributed by atoms with Crippen LogP contribution < -0.4 is 10.2 Å². The van der Waals surface area contributed by atoms with Gasteiger partial charge in [-0.1, -0.05) is 51.5 Å². The lowest BCUT2D eigenvalue weighted by molar-refractivity contribution is 0.302. The Balaban J connectivity index is 1.43. The zero-order chi connectivity index (χ0) is 20.2. The molecule has 0 aliphatic carbocycles. The zero-order valence-electron chi connectivity index (χ0n) is 14.9. The first-order valence-corrected chi connectivity index (χ1v) is 11.8. The number of nitrogens with one attached hydrogen (secondary N) is 1. The van der Waals surface area contributed by atoms with Crippen LogP contribution in [0.4, 0.5) is 5.13 Å². The maximum atomic E-state index is 5.98. The second kappa shape index (κ2) is 9.38. The molecule has 0 saturated heterocycles. The highest BCUT2D eigenvalue weighted by Gasteiger charge is 2.09. The first kappa shape index (κ1) is 20.5. The van der Waals surface area contributed by atoms with Gasteiger partial charge in [0.05, 0.1) is 25.4 Å². The summed E-state index contributed by atoms with van der Waals surface area (Å²) in [5.74, 6) is 0.754. The topological polar surface area (TPSA) is 46.5 Å². The highest BCUT2D eigenvalue weighted by Crippen LogP contribution is 2.35. The lowest BCUT2D eigenvalue weighted by atomic mass is 10.2. The maximum absolute atomic E-state index is 5.98. The number of thiazole rings is 1. The van der Waals surface area contributed by atoms with Gasteiger partial charge in [-0.2, -0.15) is 5.10 Å². The summed E-state index contributed by atoms with van der Waals surface area (Å²) in [7, 11) is 0. The van der Waals surface area contributed by atoms with Gasteiger partial charge < -0.3 is 4.74 Å². The second-order valence-electron chi connectivity index (χ2n) is 6.09. The van der Waals surface area contributed by atoms with Crippen molar-refractivity contribution in [2.75, 3.05) is 5.43 Å². The summed E-state index contributed by atoms with van der Waals surface area (Å²) in [6, 6.07) is 20.0. The Morgan fingerprint density at radius 2 is 1.72 bits per heavy atom. The van der Waals surface area contributed by atoms with Crippen molar-refractivity contribution in [2.45, 2.75) is 6.61 Å². The van der Waals surface area contributed by atoms with E-state index in [1.807, 2.05) is 60.7 Å². The van der Waals surface area contributed by atoms with Crippen molar-refractivity contribution in [2.24, 2.45) is 5.10 Å². The molecule has 8 heteroatoms. The predicted molar refractivity (Wildman–Crippen MR) is 131 cm³/mol. The Morgan fingerprint density at radius 3 is 2.45 bits per heavy atom. The number of halogens is 3. The van der Waals surface area contributed by atoms with Crippen LogP contribution >= 0.6 is 59.1 Å². The molecule has 0 amide bonds. The van der Waals surface area contributed by atoms with Crippen LogP contribution in [0.3, 0.4) is 0 Å². The van der Waals surface area contributed by atoms with Gasteiger partial charge in [0.2, 0.25) is 5.13 Å². The number of hydrazone groups is 1. The highest BCUT2D eigenvalue weighted by molar-refractivity contribution is 9.11. The van der Waals surface area contributed by atoms with Crippen LogP contribution in [0.15, 0.2) is 79.2 Å². The van der Waals surface area contributed by atoms with E-state index in [1.165, 1.54) is 0 Å². The number of fused-ring (bicyclic) bond motifs is 1. The fourth-order valence-electron chi connectivity index (χ4n) is 2.61. The largest absolute Gasteiger partial charge is 0.487 e. The van der Waals surface area contributed by atoms with E-state index in [9.17, 15) is 0 Å². The minimum absolute atomic E-state index is 0.483. The highest BCUT2D eigenvalue weighted by atomic mass is 79.9. The van der Waals surface area contributed by atoms with E-state index in [-0.39, 0.29) is 0 Å². The van der Waals surface area contributed by atoms with Gasteiger partial charge in [0.15, 0.2) is 0 Å². The number of aromatic nitrogens is 1. The molecular weight excluding hydrogens is 582 g/mol. The molecule has 0 aliphatic rings. The molecule has 0 radical (unpaired) electrons. The first-order chi connectivity index (χ1) is 14.1. The molecule has 4 aromatic rings. The minimum Gasteiger partial charge on any atom is -0.487 e. The summed E-state index contributed by atoms with van der Waals surface area (Å²) < 4.78 is 9.86. The third kappa shape index (κ3) is 5.25. The first-order valence-electron chi connectivity index (χ1n) is 8.59. The minimum atomic E-state index is 0.483. The van der Waals surface area contributed by atoms with Gasteiger partial charge in [0.1, 0.15) is 12.4 Å². The SMILES string of the molecule is Brc1ccc(COc2c(Br)cc(/C=N\Nc3nc4ccccc4s3)cc2Br)cc1. The third-order valence-corrected chi connectivity index (χ3v) is 6.63. The maximum Gasteiger partial charge on any atom is 0.204 e. The van der Waals surface area contributed by atoms with Crippen molar-refractivity contribution < 1.29 is 4.74 Å². The van der Waals surface area contributed by atoms with Gasteiger partial charge in [0, 0.05) is 4.47 Å². The van der Waals surface area contributed by atoms with Crippen LogP contribution in [0.5, 0.6) is 5.75 Å². The van der Waals surface area contributed by atoms with Gasteiger partial charge in [-0.05, 0) is 79.4 Å². The number of rotatable bonds is 6. The van der Waals surface area contributed by atoms with Crippen LogP contribution in [-0.4, -0.2) is 11.2 Å². The van der Waals surface area contributed by atoms with Crippen LogP contribution in [0.2, 0.25) is 0 Å². The van der Waals surface area contributed by atoms with Crippen molar-refractivity contribution in [1.29, 1.82) is 0 Å². The van der Waals surface area contributed by atoms with Crippen LogP contribution in [0.1, 0.15) is 11.1 Å². The number of anilines is 1. The summed E-state index contributed by atoms with van der Waals surface area (Å²) in [6.07, 6.45) is 1.75. The fraction of sp³-hybridized carbons (Fsp3) is 0.0476. The van der Waals surface area contributed by atoms with Crippen molar-refractivity contribution in [3.8, 4) is 5.75 Å². The molecule has 0 saturated carbocycles. The standard InChI is InChI=1S/C21H14Br3N3OS/c22-15-7-5-13(6-8-15)12-28-20-16(23)9-14(10-17(20)24)11-25-27-21-26-18-3-1-2-4-19(18)29-21/h1-11H,12H2,(H,26,27)/b25-11-. The van der Waals surface area contributed by atoms with Crippen LogP contribution in [-0.2, 0) is 6.61 Å². The molecule has 4 rings (SSSR count). The predicted octanol–water partition coefficient (Wildman–Crippen LogP) is 7.61. The van der Waals surface area contributed by atoms with E-state index in [0.29, 0.717) is 6.61 Å². The number of hydrogen-bond donors (Lipinski definition) is 1. The molecule has 1 heterocycles. The Hall–Kier alpha value is -1.74. The van der Waals surface area contributed by atoms with E-state index in [4.69, 9.17) is 4.74 Å². The molecule has 29 heavy (non-hydrogen) atoms. The van der Waals surface area contributed by atoms with E-state index in [2.05, 4.69) is 63.3 Å². The lowest BCUT2D eigenvalue weighted by Crippen LogP contribution is -1.98. The van der Waals surface area contributed by atoms with Gasteiger partial charge in [-0.25, -0.2) is 4.98 Å². The Labute approximate surface area is 197 Å². The molecule has 0 spiro atoms. The normalized spacial score (nSPS) is 11.3. The molecule has 0 aliphatic heterocycles. The average molecular weight is 596 g/mol. The monoisotopic (exact) mass is 593 g/mol. The van der Waals surface area contributed by atoms with E-state index in [1.54, 1.807) is 17.6 Å². The summed E-state index contributed by atoms with van der Waals surface area (Å²) in [5.41, 5.74) is 5.98. The third-order valence-electron chi connectivity index (χ3n) is 3.98. The molecule has 0 unspecified atom stereocenters. The molecule has 146 valence electrons. The molecule has 0 fully saturated rings.